The number of fused-ring (bicyclic) bond motifs is 1. The second kappa shape index (κ2) is 4.59. The molecule has 1 aromatic heterocycles. The molecule has 0 amide bonds. The molecule has 0 aliphatic rings. The lowest BCUT2D eigenvalue weighted by molar-refractivity contribution is -0.119. The molecule has 0 saturated heterocycles. The fourth-order valence-corrected chi connectivity index (χ4v) is 1.95. The molecule has 1 aromatic carbocycles. The van der Waals surface area contributed by atoms with Gasteiger partial charge in [0.05, 0.1) is 6.04 Å². The third kappa shape index (κ3) is 2.31. The van der Waals surface area contributed by atoms with Crippen molar-refractivity contribution in [3.63, 3.8) is 0 Å². The molecule has 90 valence electrons. The molecular weight excluding hydrogens is 216 g/mol. The first-order chi connectivity index (χ1) is 8.11. The van der Waals surface area contributed by atoms with Gasteiger partial charge in [-0.15, -0.1) is 0 Å². The van der Waals surface area contributed by atoms with Gasteiger partial charge in [-0.1, -0.05) is 6.92 Å². The van der Waals surface area contributed by atoms with Gasteiger partial charge in [-0.2, -0.15) is 0 Å². The van der Waals surface area contributed by atoms with E-state index in [-0.39, 0.29) is 11.5 Å². The molecule has 0 spiro atoms. The molecule has 4 nitrogen and oxygen atoms in total. The summed E-state index contributed by atoms with van der Waals surface area (Å²) < 4.78 is 0. The number of Topliss-reactive ketones (excluding diaryl/α,β-unsaturated/α-hetero) is 1. The van der Waals surface area contributed by atoms with Crippen molar-refractivity contribution >= 4 is 16.7 Å². The molecule has 0 radical (unpaired) electrons. The number of phenolic OH excluding ortho intramolecular Hbond substituents is 1. The van der Waals surface area contributed by atoms with Gasteiger partial charge in [-0.05, 0) is 30.2 Å². The van der Waals surface area contributed by atoms with Crippen molar-refractivity contribution in [2.75, 3.05) is 0 Å². The van der Waals surface area contributed by atoms with E-state index in [4.69, 9.17) is 5.73 Å². The highest BCUT2D eigenvalue weighted by molar-refractivity contribution is 5.87. The molecule has 17 heavy (non-hydrogen) atoms. The Labute approximate surface area is 99.4 Å². The fourth-order valence-electron chi connectivity index (χ4n) is 1.95. The van der Waals surface area contributed by atoms with Crippen LogP contribution in [0.25, 0.3) is 10.9 Å². The molecule has 0 aliphatic carbocycles. The summed E-state index contributed by atoms with van der Waals surface area (Å²) in [6.45, 7) is 1.81. The third-order valence-electron chi connectivity index (χ3n) is 2.95. The molecule has 0 aliphatic heterocycles. The molecule has 4 N–H and O–H groups in total. The summed E-state index contributed by atoms with van der Waals surface area (Å²) in [5, 5.41) is 10.4. The SMILES string of the molecule is CCC(=O)[C@@H](N)Cc1c[nH]c2ccc(O)cc12. The van der Waals surface area contributed by atoms with E-state index in [1.807, 2.05) is 13.1 Å². The van der Waals surface area contributed by atoms with E-state index in [0.29, 0.717) is 12.8 Å². The van der Waals surface area contributed by atoms with Gasteiger partial charge < -0.3 is 15.8 Å². The normalized spacial score (nSPS) is 12.8. The smallest absolute Gasteiger partial charge is 0.149 e. The summed E-state index contributed by atoms with van der Waals surface area (Å²) in [6, 6.07) is 4.65. The zero-order valence-electron chi connectivity index (χ0n) is 9.73. The zero-order chi connectivity index (χ0) is 12.4. The van der Waals surface area contributed by atoms with Crippen molar-refractivity contribution in [2.24, 2.45) is 5.73 Å². The molecule has 1 atom stereocenters. The number of carbonyl (C=O) groups is 1. The molecule has 4 heteroatoms. The van der Waals surface area contributed by atoms with Crippen molar-refractivity contribution in [1.82, 2.24) is 4.98 Å². The maximum absolute atomic E-state index is 11.5. The summed E-state index contributed by atoms with van der Waals surface area (Å²) in [5.74, 6) is 0.272. The fraction of sp³-hybridized carbons (Fsp3) is 0.308. The van der Waals surface area contributed by atoms with Crippen LogP contribution >= 0.6 is 0 Å². The number of aromatic amines is 1. The van der Waals surface area contributed by atoms with Crippen molar-refractivity contribution in [3.8, 4) is 5.75 Å². The van der Waals surface area contributed by atoms with Gasteiger partial charge in [0.2, 0.25) is 0 Å². The minimum Gasteiger partial charge on any atom is -0.508 e. The summed E-state index contributed by atoms with van der Waals surface area (Å²) in [7, 11) is 0. The number of ketones is 1. The summed E-state index contributed by atoms with van der Waals surface area (Å²) in [6.07, 6.45) is 2.79. The van der Waals surface area contributed by atoms with E-state index in [0.717, 1.165) is 16.5 Å². The molecule has 2 rings (SSSR count). The van der Waals surface area contributed by atoms with Crippen molar-refractivity contribution < 1.29 is 9.90 Å². The van der Waals surface area contributed by atoms with Gasteiger partial charge in [-0.3, -0.25) is 4.79 Å². The van der Waals surface area contributed by atoms with E-state index in [2.05, 4.69) is 4.98 Å². The number of nitrogens with one attached hydrogen (secondary N) is 1. The lowest BCUT2D eigenvalue weighted by Crippen LogP contribution is -2.31. The molecule has 0 fully saturated rings. The average molecular weight is 232 g/mol. The number of benzene rings is 1. The lowest BCUT2D eigenvalue weighted by Gasteiger charge is -2.08. The van der Waals surface area contributed by atoms with Crippen LogP contribution in [-0.2, 0) is 11.2 Å². The molecule has 0 saturated carbocycles. The topological polar surface area (TPSA) is 79.1 Å². The van der Waals surface area contributed by atoms with Crippen molar-refractivity contribution in [3.05, 3.63) is 30.0 Å². The van der Waals surface area contributed by atoms with Gasteiger partial charge in [0.1, 0.15) is 11.5 Å². The van der Waals surface area contributed by atoms with Crippen LogP contribution in [0.4, 0.5) is 0 Å². The van der Waals surface area contributed by atoms with Crippen LogP contribution in [-0.4, -0.2) is 21.9 Å². The van der Waals surface area contributed by atoms with Crippen molar-refractivity contribution in [2.45, 2.75) is 25.8 Å². The largest absolute Gasteiger partial charge is 0.508 e. The summed E-state index contributed by atoms with van der Waals surface area (Å²) in [4.78, 5) is 14.6. The Morgan fingerprint density at radius 1 is 1.53 bits per heavy atom. The monoisotopic (exact) mass is 232 g/mol. The first kappa shape index (κ1) is 11.7. The van der Waals surface area contributed by atoms with Crippen LogP contribution in [0, 0.1) is 0 Å². The summed E-state index contributed by atoms with van der Waals surface area (Å²) in [5.41, 5.74) is 7.72. The van der Waals surface area contributed by atoms with Gasteiger partial charge >= 0.3 is 0 Å². The predicted octanol–water partition coefficient (Wildman–Crippen LogP) is 1.72. The quantitative estimate of drug-likeness (QED) is 0.751. The average Bonchev–Trinajstić information content (AvgIpc) is 2.71. The second-order valence-electron chi connectivity index (χ2n) is 4.17. The maximum atomic E-state index is 11.5. The number of rotatable bonds is 4. The number of aromatic nitrogens is 1. The van der Waals surface area contributed by atoms with E-state index in [1.54, 1.807) is 18.2 Å². The first-order valence-corrected chi connectivity index (χ1v) is 5.69. The number of carbonyl (C=O) groups excluding carboxylic acids is 1. The number of aromatic hydroxyl groups is 1. The number of phenols is 1. The van der Waals surface area contributed by atoms with Crippen LogP contribution in [0.5, 0.6) is 5.75 Å². The van der Waals surface area contributed by atoms with E-state index < -0.39 is 6.04 Å². The van der Waals surface area contributed by atoms with Crippen LogP contribution in [0.2, 0.25) is 0 Å². The molecule has 1 heterocycles. The Balaban J connectivity index is 2.30. The highest BCUT2D eigenvalue weighted by atomic mass is 16.3. The van der Waals surface area contributed by atoms with Gasteiger partial charge in [0, 0.05) is 23.5 Å². The molecular formula is C13H16N2O2. The van der Waals surface area contributed by atoms with Crippen LogP contribution < -0.4 is 5.73 Å². The van der Waals surface area contributed by atoms with E-state index in [9.17, 15) is 9.90 Å². The lowest BCUT2D eigenvalue weighted by atomic mass is 10.0. The van der Waals surface area contributed by atoms with Crippen molar-refractivity contribution in [1.29, 1.82) is 0 Å². The predicted molar refractivity (Wildman–Crippen MR) is 66.9 cm³/mol. The number of hydrogen-bond acceptors (Lipinski definition) is 3. The minimum absolute atomic E-state index is 0.0551. The van der Waals surface area contributed by atoms with E-state index in [1.165, 1.54) is 0 Å². The zero-order valence-corrected chi connectivity index (χ0v) is 9.73. The summed E-state index contributed by atoms with van der Waals surface area (Å²) >= 11 is 0. The van der Waals surface area contributed by atoms with Gasteiger partial charge in [-0.25, -0.2) is 0 Å². The maximum Gasteiger partial charge on any atom is 0.149 e. The second-order valence-corrected chi connectivity index (χ2v) is 4.17. The van der Waals surface area contributed by atoms with Crippen LogP contribution in [0.15, 0.2) is 24.4 Å². The molecule has 0 unspecified atom stereocenters. The molecule has 2 aromatic rings. The molecule has 0 bridgehead atoms. The van der Waals surface area contributed by atoms with Gasteiger partial charge in [0.25, 0.3) is 0 Å². The number of hydrogen-bond donors (Lipinski definition) is 3. The first-order valence-electron chi connectivity index (χ1n) is 5.69. The Bertz CT molecular complexity index is 545. The Hall–Kier alpha value is -1.81. The van der Waals surface area contributed by atoms with Crippen LogP contribution in [0.3, 0.4) is 0 Å². The highest BCUT2D eigenvalue weighted by Gasteiger charge is 2.14. The highest BCUT2D eigenvalue weighted by Crippen LogP contribution is 2.23. The Morgan fingerprint density at radius 2 is 2.29 bits per heavy atom. The number of nitrogens with two attached hydrogens (primary N) is 1. The Kier molecular flexibility index (Phi) is 3.15. The number of H-pyrrole nitrogens is 1. The van der Waals surface area contributed by atoms with Crippen LogP contribution in [0.1, 0.15) is 18.9 Å². The van der Waals surface area contributed by atoms with Gasteiger partial charge in [0.15, 0.2) is 0 Å². The Morgan fingerprint density at radius 3 is 3.00 bits per heavy atom. The standard InChI is InChI=1S/C13H16N2O2/c1-2-13(17)11(14)5-8-7-15-12-4-3-9(16)6-10(8)12/h3-4,6-7,11,15-16H,2,5,14H2,1H3/t11-/m0/s1. The van der Waals surface area contributed by atoms with E-state index >= 15 is 0 Å². The minimum atomic E-state index is -0.471. The third-order valence-corrected chi connectivity index (χ3v) is 2.95.